The van der Waals surface area contributed by atoms with E-state index in [0.29, 0.717) is 6.04 Å². The molecule has 1 saturated heterocycles. The Morgan fingerprint density at radius 1 is 1.44 bits per heavy atom. The first-order valence-electron chi connectivity index (χ1n) is 6.40. The van der Waals surface area contributed by atoms with E-state index >= 15 is 0 Å². The zero-order chi connectivity index (χ0) is 12.3. The number of aryl methyl sites for hydroxylation is 1. The van der Waals surface area contributed by atoms with Crippen LogP contribution >= 0.6 is 24.0 Å². The molecule has 1 aliphatic rings. The molecule has 0 spiro atoms. The summed E-state index contributed by atoms with van der Waals surface area (Å²) in [4.78, 5) is 2.49. The summed E-state index contributed by atoms with van der Waals surface area (Å²) in [7, 11) is 2.04. The van der Waals surface area contributed by atoms with Crippen molar-refractivity contribution < 1.29 is 0 Å². The second-order valence-electron chi connectivity index (χ2n) is 4.74. The maximum Gasteiger partial charge on any atom is 0.0453 e. The number of hydrogen-bond donors (Lipinski definition) is 1. The Morgan fingerprint density at radius 3 is 2.83 bits per heavy atom. The molecule has 1 aromatic rings. The van der Waals surface area contributed by atoms with Crippen LogP contribution in [0.25, 0.3) is 0 Å². The van der Waals surface area contributed by atoms with Crippen LogP contribution in [0.3, 0.4) is 0 Å². The summed E-state index contributed by atoms with van der Waals surface area (Å²) < 4.78 is 0. The molecule has 1 aromatic carbocycles. The van der Waals surface area contributed by atoms with Gasteiger partial charge in [0.1, 0.15) is 0 Å². The smallest absolute Gasteiger partial charge is 0.0453 e. The second kappa shape index (κ2) is 7.34. The molecule has 0 radical (unpaired) electrons. The zero-order valence-corrected chi connectivity index (χ0v) is 12.7. The van der Waals surface area contributed by atoms with Crippen molar-refractivity contribution in [2.75, 3.05) is 20.1 Å². The number of hydrogen-bond acceptors (Lipinski definition) is 2. The predicted molar refractivity (Wildman–Crippen MR) is 80.8 cm³/mol. The van der Waals surface area contributed by atoms with E-state index in [1.165, 1.54) is 24.1 Å². The number of likely N-dealkylation sites (tertiary alicyclic amines) is 1. The minimum atomic E-state index is 0. The van der Waals surface area contributed by atoms with Crippen molar-refractivity contribution in [2.24, 2.45) is 0 Å². The molecule has 0 amide bonds. The van der Waals surface area contributed by atoms with Crippen LogP contribution in [0.4, 0.5) is 0 Å². The molecule has 0 saturated carbocycles. The monoisotopic (exact) mass is 288 g/mol. The third kappa shape index (κ3) is 3.61. The van der Waals surface area contributed by atoms with Gasteiger partial charge in [0.05, 0.1) is 0 Å². The van der Waals surface area contributed by atoms with Crippen LogP contribution in [0.1, 0.15) is 24.5 Å². The van der Waals surface area contributed by atoms with Crippen molar-refractivity contribution in [3.63, 3.8) is 0 Å². The Labute approximate surface area is 121 Å². The third-order valence-electron chi connectivity index (χ3n) is 3.66. The molecule has 1 heterocycles. The molecule has 102 valence electrons. The first-order chi connectivity index (χ1) is 8.24. The number of benzene rings is 1. The van der Waals surface area contributed by atoms with Crippen molar-refractivity contribution in [3.8, 4) is 0 Å². The van der Waals surface area contributed by atoms with Crippen LogP contribution in [-0.2, 0) is 13.0 Å². The fourth-order valence-corrected chi connectivity index (χ4v) is 2.80. The van der Waals surface area contributed by atoms with Gasteiger partial charge in [-0.05, 0) is 37.1 Å². The highest BCUT2D eigenvalue weighted by Crippen LogP contribution is 2.24. The van der Waals surface area contributed by atoms with Gasteiger partial charge in [-0.2, -0.15) is 0 Å². The van der Waals surface area contributed by atoms with Crippen LogP contribution in [-0.4, -0.2) is 31.1 Å². The Balaban J connectivity index is 0.00000162. The number of likely N-dealkylation sites (N-methyl/N-ethyl adjacent to an activating group) is 1. The average molecular weight is 289 g/mol. The average Bonchev–Trinajstić information content (AvgIpc) is 2.79. The van der Waals surface area contributed by atoms with Crippen LogP contribution in [0.15, 0.2) is 18.2 Å². The summed E-state index contributed by atoms with van der Waals surface area (Å²) in [5.41, 5.74) is 2.69. The van der Waals surface area contributed by atoms with Crippen molar-refractivity contribution in [2.45, 2.75) is 32.4 Å². The quantitative estimate of drug-likeness (QED) is 0.916. The summed E-state index contributed by atoms with van der Waals surface area (Å²) in [6.45, 7) is 5.47. The summed E-state index contributed by atoms with van der Waals surface area (Å²) in [6.07, 6.45) is 2.29. The van der Waals surface area contributed by atoms with Gasteiger partial charge in [-0.1, -0.05) is 30.7 Å². The van der Waals surface area contributed by atoms with Crippen LogP contribution in [0.5, 0.6) is 0 Å². The van der Waals surface area contributed by atoms with Gasteiger partial charge in [0.15, 0.2) is 0 Å². The topological polar surface area (TPSA) is 15.3 Å². The first kappa shape index (κ1) is 15.8. The summed E-state index contributed by atoms with van der Waals surface area (Å²) in [5, 5.41) is 4.26. The van der Waals surface area contributed by atoms with E-state index < -0.39 is 0 Å². The van der Waals surface area contributed by atoms with Crippen molar-refractivity contribution in [1.82, 2.24) is 10.2 Å². The highest BCUT2D eigenvalue weighted by Gasteiger charge is 2.22. The molecule has 1 N–H and O–H groups in total. The summed E-state index contributed by atoms with van der Waals surface area (Å²) >= 11 is 6.31. The highest BCUT2D eigenvalue weighted by atomic mass is 35.5. The Hall–Kier alpha value is -0.280. The lowest BCUT2D eigenvalue weighted by Crippen LogP contribution is -2.29. The van der Waals surface area contributed by atoms with Gasteiger partial charge in [-0.3, -0.25) is 4.90 Å². The number of nitrogens with zero attached hydrogens (tertiary/aromatic N) is 1. The Bertz CT molecular complexity index is 382. The number of nitrogens with one attached hydrogen (secondary N) is 1. The second-order valence-corrected chi connectivity index (χ2v) is 5.15. The lowest BCUT2D eigenvalue weighted by molar-refractivity contribution is 0.321. The van der Waals surface area contributed by atoms with E-state index in [9.17, 15) is 0 Å². The Kier molecular flexibility index (Phi) is 6.44. The molecular weight excluding hydrogens is 267 g/mol. The van der Waals surface area contributed by atoms with Crippen molar-refractivity contribution in [1.29, 1.82) is 0 Å². The van der Waals surface area contributed by atoms with Crippen LogP contribution in [0.2, 0.25) is 5.02 Å². The minimum absolute atomic E-state index is 0. The molecule has 18 heavy (non-hydrogen) atoms. The van der Waals surface area contributed by atoms with Gasteiger partial charge in [-0.15, -0.1) is 12.4 Å². The molecule has 1 fully saturated rings. The van der Waals surface area contributed by atoms with Crippen molar-refractivity contribution in [3.05, 3.63) is 34.3 Å². The fraction of sp³-hybridized carbons (Fsp3) is 0.571. The van der Waals surface area contributed by atoms with E-state index in [1.807, 2.05) is 19.2 Å². The van der Waals surface area contributed by atoms with Gasteiger partial charge in [0.25, 0.3) is 0 Å². The molecule has 0 aliphatic carbocycles. The van der Waals surface area contributed by atoms with Gasteiger partial charge in [0, 0.05) is 30.7 Å². The van der Waals surface area contributed by atoms with E-state index in [4.69, 9.17) is 11.6 Å². The normalized spacial score (nSPS) is 19.8. The molecule has 1 atom stereocenters. The maximum atomic E-state index is 6.31. The molecule has 4 heteroatoms. The molecule has 0 bridgehead atoms. The van der Waals surface area contributed by atoms with E-state index in [2.05, 4.69) is 23.2 Å². The van der Waals surface area contributed by atoms with E-state index in [0.717, 1.165) is 24.5 Å². The van der Waals surface area contributed by atoms with Crippen LogP contribution < -0.4 is 5.32 Å². The summed E-state index contributed by atoms with van der Waals surface area (Å²) in [5.74, 6) is 0. The van der Waals surface area contributed by atoms with Gasteiger partial charge in [0.2, 0.25) is 0 Å². The van der Waals surface area contributed by atoms with Gasteiger partial charge in [-0.25, -0.2) is 0 Å². The summed E-state index contributed by atoms with van der Waals surface area (Å²) in [6, 6.07) is 6.88. The maximum absolute atomic E-state index is 6.31. The van der Waals surface area contributed by atoms with Gasteiger partial charge >= 0.3 is 0 Å². The lowest BCUT2D eigenvalue weighted by Gasteiger charge is -2.19. The van der Waals surface area contributed by atoms with E-state index in [1.54, 1.807) is 0 Å². The first-order valence-corrected chi connectivity index (χ1v) is 6.78. The third-order valence-corrected chi connectivity index (χ3v) is 4.01. The largest absolute Gasteiger partial charge is 0.316 e. The van der Waals surface area contributed by atoms with Gasteiger partial charge < -0.3 is 5.32 Å². The zero-order valence-electron chi connectivity index (χ0n) is 11.1. The molecular formula is C14H22Cl2N2. The van der Waals surface area contributed by atoms with Crippen LogP contribution in [0, 0.1) is 0 Å². The SMILES string of the molecule is CCc1cccc(Cl)c1CN1CCC(NC)C1.Cl. The lowest BCUT2D eigenvalue weighted by atomic mass is 10.0. The molecule has 2 nitrogen and oxygen atoms in total. The molecule has 1 aliphatic heterocycles. The molecule has 2 rings (SSSR count). The predicted octanol–water partition coefficient (Wildman–Crippen LogP) is 3.12. The number of halogens is 2. The number of rotatable bonds is 4. The highest BCUT2D eigenvalue weighted by molar-refractivity contribution is 6.31. The minimum Gasteiger partial charge on any atom is -0.316 e. The molecule has 0 aromatic heterocycles. The fourth-order valence-electron chi connectivity index (χ4n) is 2.55. The van der Waals surface area contributed by atoms with Crippen molar-refractivity contribution >= 4 is 24.0 Å². The Morgan fingerprint density at radius 2 is 2.22 bits per heavy atom. The standard InChI is InChI=1S/C14H21ClN2.ClH/c1-3-11-5-4-6-14(15)13(11)10-17-8-7-12(9-17)16-2;/h4-6,12,16H,3,7-10H2,1-2H3;1H. The van der Waals surface area contributed by atoms with E-state index in [-0.39, 0.29) is 12.4 Å². The molecule has 1 unspecified atom stereocenters.